The number of aromatic nitrogens is 3. The Hall–Kier alpha value is -2.57. The van der Waals surface area contributed by atoms with Gasteiger partial charge < -0.3 is 19.4 Å². The summed E-state index contributed by atoms with van der Waals surface area (Å²) >= 11 is 0. The van der Waals surface area contributed by atoms with Crippen LogP contribution >= 0.6 is 0 Å². The van der Waals surface area contributed by atoms with E-state index in [9.17, 15) is 4.79 Å². The maximum Gasteiger partial charge on any atom is 0.265 e. The SMILES string of the molecule is C[C@H]1Oc2ccccc2O[C@@H]1C(=O)NCc1nnc2n1CCCC2. The Kier molecular flexibility index (Phi) is 3.84. The second-order valence-electron chi connectivity index (χ2n) is 6.17. The zero-order valence-corrected chi connectivity index (χ0v) is 13.6. The van der Waals surface area contributed by atoms with Crippen LogP contribution in [0.25, 0.3) is 0 Å². The Morgan fingerprint density at radius 3 is 2.88 bits per heavy atom. The van der Waals surface area contributed by atoms with Crippen LogP contribution in [0.4, 0.5) is 0 Å². The standard InChI is InChI=1S/C17H20N4O3/c1-11-16(24-13-7-3-2-6-12(13)23-11)17(22)18-10-15-20-19-14-8-4-5-9-21(14)15/h2-3,6-7,11,16H,4-5,8-10H2,1H3,(H,18,22)/t11-,16+/m1/s1. The van der Waals surface area contributed by atoms with E-state index in [1.165, 1.54) is 0 Å². The lowest BCUT2D eigenvalue weighted by Gasteiger charge is -2.31. The van der Waals surface area contributed by atoms with Crippen molar-refractivity contribution in [3.8, 4) is 11.5 Å². The lowest BCUT2D eigenvalue weighted by molar-refractivity contribution is -0.133. The summed E-state index contributed by atoms with van der Waals surface area (Å²) in [6.45, 7) is 3.10. The highest BCUT2D eigenvalue weighted by Crippen LogP contribution is 2.33. The summed E-state index contributed by atoms with van der Waals surface area (Å²) in [5.74, 6) is 2.86. The highest BCUT2D eigenvalue weighted by atomic mass is 16.6. The van der Waals surface area contributed by atoms with Crippen LogP contribution in [-0.2, 0) is 24.3 Å². The summed E-state index contributed by atoms with van der Waals surface area (Å²) in [6.07, 6.45) is 2.19. The van der Waals surface area contributed by atoms with Crippen molar-refractivity contribution in [2.24, 2.45) is 0 Å². The van der Waals surface area contributed by atoms with Crippen molar-refractivity contribution in [1.82, 2.24) is 20.1 Å². The minimum absolute atomic E-state index is 0.204. The molecule has 0 saturated carbocycles. The Labute approximate surface area is 140 Å². The molecule has 2 aliphatic heterocycles. The third-order valence-corrected chi connectivity index (χ3v) is 4.46. The van der Waals surface area contributed by atoms with E-state index in [1.54, 1.807) is 6.07 Å². The van der Waals surface area contributed by atoms with Gasteiger partial charge in [0.1, 0.15) is 11.9 Å². The van der Waals surface area contributed by atoms with Crippen LogP contribution in [0.3, 0.4) is 0 Å². The summed E-state index contributed by atoms with van der Waals surface area (Å²) in [5.41, 5.74) is 0. The minimum atomic E-state index is -0.677. The van der Waals surface area contributed by atoms with Crippen LogP contribution in [0, 0.1) is 0 Å². The smallest absolute Gasteiger partial charge is 0.265 e. The molecule has 0 aliphatic carbocycles. The van der Waals surface area contributed by atoms with Crippen molar-refractivity contribution in [2.45, 2.75) is 51.5 Å². The fourth-order valence-electron chi connectivity index (χ4n) is 3.17. The highest BCUT2D eigenvalue weighted by molar-refractivity contribution is 5.82. The number of ether oxygens (including phenoxy) is 2. The zero-order valence-electron chi connectivity index (χ0n) is 13.6. The van der Waals surface area contributed by atoms with Crippen LogP contribution in [-0.4, -0.2) is 32.9 Å². The number of hydrogen-bond donors (Lipinski definition) is 1. The van der Waals surface area contributed by atoms with Crippen molar-refractivity contribution in [3.63, 3.8) is 0 Å². The van der Waals surface area contributed by atoms with Crippen LogP contribution in [0.1, 0.15) is 31.4 Å². The Morgan fingerprint density at radius 2 is 2.04 bits per heavy atom. The molecule has 0 saturated heterocycles. The number of carbonyl (C=O) groups excluding carboxylic acids is 1. The van der Waals surface area contributed by atoms with Crippen molar-refractivity contribution >= 4 is 5.91 Å². The van der Waals surface area contributed by atoms with Crippen molar-refractivity contribution in [3.05, 3.63) is 35.9 Å². The van der Waals surface area contributed by atoms with Gasteiger partial charge in [0.15, 0.2) is 17.3 Å². The number of nitrogens with one attached hydrogen (secondary N) is 1. The van der Waals surface area contributed by atoms with Crippen LogP contribution in [0.5, 0.6) is 11.5 Å². The predicted molar refractivity (Wildman–Crippen MR) is 85.8 cm³/mol. The first kappa shape index (κ1) is 15.0. The molecule has 1 amide bonds. The molecule has 126 valence electrons. The fourth-order valence-corrected chi connectivity index (χ4v) is 3.17. The van der Waals surface area contributed by atoms with Gasteiger partial charge in [-0.3, -0.25) is 4.79 Å². The summed E-state index contributed by atoms with van der Waals surface area (Å²) in [4.78, 5) is 12.5. The first-order valence-corrected chi connectivity index (χ1v) is 8.33. The van der Waals surface area contributed by atoms with Gasteiger partial charge in [-0.2, -0.15) is 0 Å². The quantitative estimate of drug-likeness (QED) is 0.923. The molecule has 2 aliphatic rings. The second-order valence-corrected chi connectivity index (χ2v) is 6.17. The van der Waals surface area contributed by atoms with Gasteiger partial charge in [0, 0.05) is 13.0 Å². The number of nitrogens with zero attached hydrogens (tertiary/aromatic N) is 3. The van der Waals surface area contributed by atoms with Crippen LogP contribution in [0.15, 0.2) is 24.3 Å². The first-order chi connectivity index (χ1) is 11.7. The van der Waals surface area contributed by atoms with Gasteiger partial charge in [0.05, 0.1) is 6.54 Å². The number of rotatable bonds is 3. The molecule has 2 atom stereocenters. The number of carbonyl (C=O) groups is 1. The molecule has 2 aromatic rings. The fraction of sp³-hybridized carbons (Fsp3) is 0.471. The summed E-state index contributed by atoms with van der Waals surface area (Å²) in [7, 11) is 0. The summed E-state index contributed by atoms with van der Waals surface area (Å²) in [6, 6.07) is 7.37. The van der Waals surface area contributed by atoms with E-state index in [1.807, 2.05) is 25.1 Å². The van der Waals surface area contributed by atoms with Gasteiger partial charge in [-0.1, -0.05) is 12.1 Å². The molecule has 1 aromatic heterocycles. The molecule has 7 nitrogen and oxygen atoms in total. The number of para-hydroxylation sites is 2. The van der Waals surface area contributed by atoms with E-state index in [0.29, 0.717) is 18.0 Å². The molecule has 1 aromatic carbocycles. The molecule has 1 N–H and O–H groups in total. The van der Waals surface area contributed by atoms with E-state index in [4.69, 9.17) is 9.47 Å². The molecule has 0 bridgehead atoms. The van der Waals surface area contributed by atoms with Gasteiger partial charge in [-0.05, 0) is 31.9 Å². The van der Waals surface area contributed by atoms with E-state index < -0.39 is 6.10 Å². The number of aryl methyl sites for hydroxylation is 1. The molecule has 7 heteroatoms. The summed E-state index contributed by atoms with van der Waals surface area (Å²) in [5, 5.41) is 11.3. The minimum Gasteiger partial charge on any atom is -0.482 e. The van der Waals surface area contributed by atoms with Gasteiger partial charge in [-0.15, -0.1) is 10.2 Å². The van der Waals surface area contributed by atoms with E-state index in [0.717, 1.165) is 37.5 Å². The van der Waals surface area contributed by atoms with Crippen molar-refractivity contribution < 1.29 is 14.3 Å². The normalized spacial score (nSPS) is 21.9. The predicted octanol–water partition coefficient (Wildman–Crippen LogP) is 1.46. The molecule has 0 spiro atoms. The van der Waals surface area contributed by atoms with Gasteiger partial charge in [0.25, 0.3) is 5.91 Å². The molecule has 0 unspecified atom stereocenters. The first-order valence-electron chi connectivity index (χ1n) is 8.33. The maximum absolute atomic E-state index is 12.5. The maximum atomic E-state index is 12.5. The second kappa shape index (κ2) is 6.14. The van der Waals surface area contributed by atoms with Gasteiger partial charge in [0.2, 0.25) is 6.10 Å². The lowest BCUT2D eigenvalue weighted by Crippen LogP contribution is -2.49. The Bertz CT molecular complexity index is 758. The average Bonchev–Trinajstić information content (AvgIpc) is 3.02. The number of hydrogen-bond acceptors (Lipinski definition) is 5. The number of benzene rings is 1. The molecule has 4 rings (SSSR count). The van der Waals surface area contributed by atoms with Gasteiger partial charge >= 0.3 is 0 Å². The number of amides is 1. The van der Waals surface area contributed by atoms with E-state index in [-0.39, 0.29) is 12.0 Å². The Morgan fingerprint density at radius 1 is 1.25 bits per heavy atom. The van der Waals surface area contributed by atoms with Crippen molar-refractivity contribution in [1.29, 1.82) is 0 Å². The Balaban J connectivity index is 1.42. The lowest BCUT2D eigenvalue weighted by atomic mass is 10.1. The molecule has 0 fully saturated rings. The monoisotopic (exact) mass is 328 g/mol. The number of fused-ring (bicyclic) bond motifs is 2. The molecular weight excluding hydrogens is 308 g/mol. The molecule has 0 radical (unpaired) electrons. The zero-order chi connectivity index (χ0) is 16.5. The van der Waals surface area contributed by atoms with Crippen LogP contribution in [0.2, 0.25) is 0 Å². The third kappa shape index (κ3) is 2.70. The molecule has 3 heterocycles. The highest BCUT2D eigenvalue weighted by Gasteiger charge is 2.34. The topological polar surface area (TPSA) is 78.3 Å². The molecule has 24 heavy (non-hydrogen) atoms. The van der Waals surface area contributed by atoms with E-state index in [2.05, 4.69) is 20.1 Å². The van der Waals surface area contributed by atoms with Crippen molar-refractivity contribution in [2.75, 3.05) is 0 Å². The van der Waals surface area contributed by atoms with Crippen LogP contribution < -0.4 is 14.8 Å². The largest absolute Gasteiger partial charge is 0.482 e. The average molecular weight is 328 g/mol. The third-order valence-electron chi connectivity index (χ3n) is 4.46. The molecular formula is C17H20N4O3. The van der Waals surface area contributed by atoms with E-state index >= 15 is 0 Å². The summed E-state index contributed by atoms with van der Waals surface area (Å²) < 4.78 is 13.7. The van der Waals surface area contributed by atoms with Gasteiger partial charge in [-0.25, -0.2) is 0 Å².